The van der Waals surface area contributed by atoms with Gasteiger partial charge in [-0.3, -0.25) is 14.3 Å². The van der Waals surface area contributed by atoms with Gasteiger partial charge in [0, 0.05) is 52.1 Å². The summed E-state index contributed by atoms with van der Waals surface area (Å²) in [5.41, 5.74) is 4.64. The number of nitrogens with zero attached hydrogens (tertiary/aromatic N) is 4. The maximum Gasteiger partial charge on any atom is 0.260 e. The first-order valence-electron chi connectivity index (χ1n) is 11.9. The second kappa shape index (κ2) is 9.55. The highest BCUT2D eigenvalue weighted by molar-refractivity contribution is 6.33. The van der Waals surface area contributed by atoms with E-state index in [-0.39, 0.29) is 5.56 Å². The van der Waals surface area contributed by atoms with Gasteiger partial charge in [0.05, 0.1) is 5.69 Å². The van der Waals surface area contributed by atoms with E-state index in [4.69, 9.17) is 16.6 Å². The van der Waals surface area contributed by atoms with Crippen molar-refractivity contribution in [1.82, 2.24) is 19.5 Å². The minimum Gasteiger partial charge on any atom is -0.351 e. The molecule has 5 rings (SSSR count). The molecule has 1 N–H and O–H groups in total. The standard InChI is InChI=1S/C27H28ClN5O/c1-3-33-25-19(16-30-27(32-25)31-20-9-5-4-6-10-20)14-22(26(33)34)21-12-11-18(15-23(21)28)24-17(2)8-7-13-29-24/h7-8,11-16,20H,3-6,9-10H2,1-2H3,(H,30,31,32). The average Bonchev–Trinajstić information content (AvgIpc) is 2.85. The Morgan fingerprint density at radius 1 is 1.09 bits per heavy atom. The zero-order chi connectivity index (χ0) is 23.7. The molecule has 174 valence electrons. The van der Waals surface area contributed by atoms with Crippen LogP contribution in [0.4, 0.5) is 5.95 Å². The Kier molecular flexibility index (Phi) is 6.33. The van der Waals surface area contributed by atoms with Crippen molar-refractivity contribution in [3.8, 4) is 22.4 Å². The maximum atomic E-state index is 13.5. The quantitative estimate of drug-likeness (QED) is 0.371. The van der Waals surface area contributed by atoms with Crippen LogP contribution in [0, 0.1) is 6.92 Å². The van der Waals surface area contributed by atoms with Crippen LogP contribution >= 0.6 is 11.6 Å². The molecular weight excluding hydrogens is 446 g/mol. The van der Waals surface area contributed by atoms with Crippen LogP contribution < -0.4 is 10.9 Å². The molecule has 0 radical (unpaired) electrons. The van der Waals surface area contributed by atoms with Crippen LogP contribution in [0.5, 0.6) is 0 Å². The Hall–Kier alpha value is -3.25. The third-order valence-corrected chi connectivity index (χ3v) is 6.94. The summed E-state index contributed by atoms with van der Waals surface area (Å²) in [6, 6.07) is 11.9. The molecule has 3 aromatic heterocycles. The normalized spacial score (nSPS) is 14.4. The van der Waals surface area contributed by atoms with Gasteiger partial charge in [-0.05, 0) is 50.5 Å². The summed E-state index contributed by atoms with van der Waals surface area (Å²) in [6.07, 6.45) is 9.58. The van der Waals surface area contributed by atoms with Gasteiger partial charge >= 0.3 is 0 Å². The van der Waals surface area contributed by atoms with E-state index >= 15 is 0 Å². The fourth-order valence-corrected chi connectivity index (χ4v) is 5.10. The first-order chi connectivity index (χ1) is 16.5. The summed E-state index contributed by atoms with van der Waals surface area (Å²) >= 11 is 6.70. The lowest BCUT2D eigenvalue weighted by molar-refractivity contribution is 0.461. The fraction of sp³-hybridized carbons (Fsp3) is 0.333. The molecule has 0 bridgehead atoms. The van der Waals surface area contributed by atoms with Crippen molar-refractivity contribution in [2.24, 2.45) is 0 Å². The van der Waals surface area contributed by atoms with Crippen molar-refractivity contribution in [2.75, 3.05) is 5.32 Å². The van der Waals surface area contributed by atoms with Crippen LogP contribution in [-0.4, -0.2) is 25.6 Å². The number of benzene rings is 1. The molecule has 1 aromatic carbocycles. The largest absolute Gasteiger partial charge is 0.351 e. The van der Waals surface area contributed by atoms with Crippen molar-refractivity contribution < 1.29 is 0 Å². The minimum absolute atomic E-state index is 0.110. The second-order valence-electron chi connectivity index (χ2n) is 8.92. The lowest BCUT2D eigenvalue weighted by Crippen LogP contribution is -2.25. The number of anilines is 1. The molecule has 1 fully saturated rings. The Balaban J connectivity index is 1.55. The van der Waals surface area contributed by atoms with E-state index in [9.17, 15) is 4.79 Å². The predicted octanol–water partition coefficient (Wildman–Crippen LogP) is 6.25. The lowest BCUT2D eigenvalue weighted by atomic mass is 9.96. The molecule has 0 spiro atoms. The smallest absolute Gasteiger partial charge is 0.260 e. The monoisotopic (exact) mass is 473 g/mol. The van der Waals surface area contributed by atoms with Crippen LogP contribution in [0.1, 0.15) is 44.6 Å². The number of hydrogen-bond donors (Lipinski definition) is 1. The first kappa shape index (κ1) is 22.5. The summed E-state index contributed by atoms with van der Waals surface area (Å²) in [4.78, 5) is 27.2. The molecule has 1 saturated carbocycles. The number of fused-ring (bicyclic) bond motifs is 1. The van der Waals surface area contributed by atoms with Gasteiger partial charge in [-0.2, -0.15) is 4.98 Å². The van der Waals surface area contributed by atoms with Gasteiger partial charge in [0.15, 0.2) is 0 Å². The average molecular weight is 474 g/mol. The summed E-state index contributed by atoms with van der Waals surface area (Å²) in [5, 5.41) is 4.78. The van der Waals surface area contributed by atoms with Gasteiger partial charge in [-0.1, -0.05) is 49.1 Å². The molecule has 7 heteroatoms. The summed E-state index contributed by atoms with van der Waals surface area (Å²) < 4.78 is 1.70. The van der Waals surface area contributed by atoms with Crippen LogP contribution in [0.25, 0.3) is 33.4 Å². The Bertz CT molecular complexity index is 1410. The summed E-state index contributed by atoms with van der Waals surface area (Å²) in [6.45, 7) is 4.48. The molecule has 4 aromatic rings. The van der Waals surface area contributed by atoms with Gasteiger partial charge in [0.25, 0.3) is 5.56 Å². The number of nitrogens with one attached hydrogen (secondary N) is 1. The molecule has 0 saturated heterocycles. The van der Waals surface area contributed by atoms with Gasteiger partial charge in [0.1, 0.15) is 5.65 Å². The molecule has 0 atom stereocenters. The molecule has 1 aliphatic carbocycles. The first-order valence-corrected chi connectivity index (χ1v) is 12.3. The highest BCUT2D eigenvalue weighted by Crippen LogP contribution is 2.32. The van der Waals surface area contributed by atoms with Gasteiger partial charge < -0.3 is 5.32 Å². The number of halogens is 1. The molecule has 34 heavy (non-hydrogen) atoms. The van der Waals surface area contributed by atoms with Crippen LogP contribution in [0.2, 0.25) is 5.02 Å². The zero-order valence-corrected chi connectivity index (χ0v) is 20.3. The molecule has 1 aliphatic rings. The highest BCUT2D eigenvalue weighted by atomic mass is 35.5. The molecule has 0 aliphatic heterocycles. The van der Waals surface area contributed by atoms with E-state index in [2.05, 4.69) is 15.3 Å². The van der Waals surface area contributed by atoms with Crippen LogP contribution in [0.15, 0.2) is 53.6 Å². The van der Waals surface area contributed by atoms with Crippen molar-refractivity contribution in [1.29, 1.82) is 0 Å². The van der Waals surface area contributed by atoms with E-state index in [0.717, 1.165) is 35.0 Å². The zero-order valence-electron chi connectivity index (χ0n) is 19.5. The van der Waals surface area contributed by atoms with E-state index in [1.54, 1.807) is 17.0 Å². The lowest BCUT2D eigenvalue weighted by Gasteiger charge is -2.23. The number of aryl methyl sites for hydroxylation is 2. The van der Waals surface area contributed by atoms with Gasteiger partial charge in [0.2, 0.25) is 5.95 Å². The van der Waals surface area contributed by atoms with Crippen molar-refractivity contribution in [3.05, 3.63) is 69.7 Å². The molecule has 0 unspecified atom stereocenters. The third kappa shape index (κ3) is 4.30. The molecule has 0 amide bonds. The number of rotatable bonds is 5. The van der Waals surface area contributed by atoms with Crippen LogP contribution in [-0.2, 0) is 6.54 Å². The maximum absolute atomic E-state index is 13.5. The third-order valence-electron chi connectivity index (χ3n) is 6.62. The summed E-state index contributed by atoms with van der Waals surface area (Å²) in [5.74, 6) is 0.585. The number of aromatic nitrogens is 4. The van der Waals surface area contributed by atoms with Crippen LogP contribution in [0.3, 0.4) is 0 Å². The topological polar surface area (TPSA) is 72.7 Å². The second-order valence-corrected chi connectivity index (χ2v) is 9.33. The minimum atomic E-state index is -0.110. The highest BCUT2D eigenvalue weighted by Gasteiger charge is 2.18. The SMILES string of the molecule is CCn1c(=O)c(-c2ccc(-c3ncccc3C)cc2Cl)cc2cnc(NC3CCCCC3)nc21. The van der Waals surface area contributed by atoms with E-state index in [1.807, 2.05) is 50.2 Å². The van der Waals surface area contributed by atoms with Crippen molar-refractivity contribution in [2.45, 2.75) is 58.5 Å². The van der Waals surface area contributed by atoms with Crippen molar-refractivity contribution in [3.63, 3.8) is 0 Å². The van der Waals surface area contributed by atoms with E-state index in [1.165, 1.54) is 19.3 Å². The fourth-order valence-electron chi connectivity index (χ4n) is 4.81. The number of hydrogen-bond acceptors (Lipinski definition) is 5. The Labute approximate surface area is 204 Å². The summed E-state index contributed by atoms with van der Waals surface area (Å²) in [7, 11) is 0. The van der Waals surface area contributed by atoms with Crippen molar-refractivity contribution >= 4 is 28.6 Å². The Morgan fingerprint density at radius 2 is 1.91 bits per heavy atom. The Morgan fingerprint density at radius 3 is 2.65 bits per heavy atom. The molecular formula is C27H28ClN5O. The number of pyridine rings is 2. The van der Waals surface area contributed by atoms with Gasteiger partial charge in [-0.25, -0.2) is 4.98 Å². The molecule has 6 nitrogen and oxygen atoms in total. The van der Waals surface area contributed by atoms with E-state index in [0.29, 0.717) is 40.3 Å². The predicted molar refractivity (Wildman–Crippen MR) is 138 cm³/mol. The van der Waals surface area contributed by atoms with E-state index < -0.39 is 0 Å². The van der Waals surface area contributed by atoms with Gasteiger partial charge in [-0.15, -0.1) is 0 Å². The molecule has 3 heterocycles.